The molecule has 0 aromatic carbocycles. The van der Waals surface area contributed by atoms with Gasteiger partial charge in [0.1, 0.15) is 0 Å². The van der Waals surface area contributed by atoms with E-state index in [-0.39, 0.29) is 13.2 Å². The number of allylic oxidation sites excluding steroid dienone is 1. The van der Waals surface area contributed by atoms with E-state index in [1.54, 1.807) is 0 Å². The largest absolute Gasteiger partial charge is 0.396 e. The average Bonchev–Trinajstić information content (AvgIpc) is 2.03. The minimum absolute atomic E-state index is 0.0876. The first-order chi connectivity index (χ1) is 5.35. The Morgan fingerprint density at radius 2 is 2.09 bits per heavy atom. The fraction of sp³-hybridized carbons (Fsp3) is 0.778. The second-order valence-corrected chi connectivity index (χ2v) is 2.64. The highest BCUT2D eigenvalue weighted by Gasteiger charge is 1.92. The third-order valence-corrected chi connectivity index (χ3v) is 1.63. The molecule has 0 aliphatic carbocycles. The summed E-state index contributed by atoms with van der Waals surface area (Å²) in [5.74, 6) is 0. The molecular weight excluding hydrogens is 140 g/mol. The van der Waals surface area contributed by atoms with Crippen molar-refractivity contribution in [3.8, 4) is 0 Å². The molecule has 0 unspecified atom stereocenters. The summed E-state index contributed by atoms with van der Waals surface area (Å²) < 4.78 is 0. The van der Waals surface area contributed by atoms with Crippen LogP contribution in [0.5, 0.6) is 0 Å². The third kappa shape index (κ3) is 6.07. The molecule has 2 N–H and O–H groups in total. The monoisotopic (exact) mass is 158 g/mol. The zero-order valence-corrected chi connectivity index (χ0v) is 7.21. The number of aliphatic hydroxyl groups is 2. The maximum atomic E-state index is 8.78. The predicted octanol–water partition coefficient (Wildman–Crippen LogP) is 1.48. The second kappa shape index (κ2) is 7.76. The van der Waals surface area contributed by atoms with Gasteiger partial charge in [0.05, 0.1) is 6.61 Å². The first-order valence-corrected chi connectivity index (χ1v) is 4.24. The Morgan fingerprint density at radius 3 is 2.55 bits per heavy atom. The molecule has 2 nitrogen and oxygen atoms in total. The molecule has 0 fully saturated rings. The molecule has 0 spiro atoms. The van der Waals surface area contributed by atoms with Crippen LogP contribution in [-0.2, 0) is 0 Å². The lowest BCUT2D eigenvalue weighted by Gasteiger charge is -2.00. The lowest BCUT2D eigenvalue weighted by Crippen LogP contribution is -1.94. The van der Waals surface area contributed by atoms with E-state index in [4.69, 9.17) is 10.2 Å². The van der Waals surface area contributed by atoms with Crippen molar-refractivity contribution in [1.29, 1.82) is 0 Å². The highest BCUT2D eigenvalue weighted by atomic mass is 16.3. The van der Waals surface area contributed by atoms with Crippen molar-refractivity contribution in [2.24, 2.45) is 0 Å². The SMILES string of the molecule is CCCC/C=C(/CO)CCO. The van der Waals surface area contributed by atoms with Crippen molar-refractivity contribution in [2.45, 2.75) is 32.6 Å². The fourth-order valence-electron chi connectivity index (χ4n) is 0.900. The van der Waals surface area contributed by atoms with Crippen LogP contribution in [0.3, 0.4) is 0 Å². The predicted molar refractivity (Wildman–Crippen MR) is 46.4 cm³/mol. The van der Waals surface area contributed by atoms with Crippen molar-refractivity contribution < 1.29 is 10.2 Å². The van der Waals surface area contributed by atoms with Gasteiger partial charge in [-0.2, -0.15) is 0 Å². The summed E-state index contributed by atoms with van der Waals surface area (Å²) in [6, 6.07) is 0. The molecule has 0 atom stereocenters. The summed E-state index contributed by atoms with van der Waals surface area (Å²) in [4.78, 5) is 0. The van der Waals surface area contributed by atoms with Gasteiger partial charge in [0.25, 0.3) is 0 Å². The van der Waals surface area contributed by atoms with E-state index in [0.29, 0.717) is 6.42 Å². The molecule has 0 aromatic rings. The third-order valence-electron chi connectivity index (χ3n) is 1.63. The van der Waals surface area contributed by atoms with E-state index in [2.05, 4.69) is 6.92 Å². The quantitative estimate of drug-likeness (QED) is 0.454. The normalized spacial score (nSPS) is 12.1. The Bertz CT molecular complexity index is 108. The van der Waals surface area contributed by atoms with E-state index >= 15 is 0 Å². The minimum atomic E-state index is 0.0876. The summed E-state index contributed by atoms with van der Waals surface area (Å²) in [7, 11) is 0. The maximum Gasteiger partial charge on any atom is 0.0642 e. The Hall–Kier alpha value is -0.340. The minimum Gasteiger partial charge on any atom is -0.396 e. The number of hydrogen-bond acceptors (Lipinski definition) is 2. The van der Waals surface area contributed by atoms with Gasteiger partial charge >= 0.3 is 0 Å². The highest BCUT2D eigenvalue weighted by Crippen LogP contribution is 2.03. The maximum absolute atomic E-state index is 8.78. The molecule has 0 saturated carbocycles. The van der Waals surface area contributed by atoms with Gasteiger partial charge in [-0.3, -0.25) is 0 Å². The van der Waals surface area contributed by atoms with Crippen LogP contribution in [0.15, 0.2) is 11.6 Å². The lowest BCUT2D eigenvalue weighted by molar-refractivity contribution is 0.278. The first kappa shape index (κ1) is 10.7. The molecule has 0 heterocycles. The molecule has 0 aromatic heterocycles. The summed E-state index contributed by atoms with van der Waals surface area (Å²) in [6.07, 6.45) is 6.00. The molecule has 0 amide bonds. The topological polar surface area (TPSA) is 40.5 Å². The molecule has 0 saturated heterocycles. The zero-order chi connectivity index (χ0) is 8.53. The van der Waals surface area contributed by atoms with Gasteiger partial charge in [0.15, 0.2) is 0 Å². The van der Waals surface area contributed by atoms with Crippen LogP contribution in [0.25, 0.3) is 0 Å². The van der Waals surface area contributed by atoms with Crippen molar-refractivity contribution >= 4 is 0 Å². The summed E-state index contributed by atoms with van der Waals surface area (Å²) >= 11 is 0. The molecule has 66 valence electrons. The van der Waals surface area contributed by atoms with Gasteiger partial charge in [0.2, 0.25) is 0 Å². The van der Waals surface area contributed by atoms with E-state index in [0.717, 1.165) is 18.4 Å². The van der Waals surface area contributed by atoms with Gasteiger partial charge in [-0.25, -0.2) is 0 Å². The van der Waals surface area contributed by atoms with Gasteiger partial charge in [-0.1, -0.05) is 25.8 Å². The van der Waals surface area contributed by atoms with Crippen LogP contribution in [0.1, 0.15) is 32.6 Å². The fourth-order valence-corrected chi connectivity index (χ4v) is 0.900. The van der Waals surface area contributed by atoms with Crippen LogP contribution < -0.4 is 0 Å². The van der Waals surface area contributed by atoms with Crippen LogP contribution in [0, 0.1) is 0 Å². The van der Waals surface area contributed by atoms with Crippen molar-refractivity contribution in [1.82, 2.24) is 0 Å². The number of aliphatic hydroxyl groups excluding tert-OH is 2. The molecule has 11 heavy (non-hydrogen) atoms. The van der Waals surface area contributed by atoms with Gasteiger partial charge in [-0.15, -0.1) is 0 Å². The molecule has 2 heteroatoms. The van der Waals surface area contributed by atoms with E-state index < -0.39 is 0 Å². The summed E-state index contributed by atoms with van der Waals surface area (Å²) in [6.45, 7) is 2.36. The molecule has 0 aliphatic heterocycles. The first-order valence-electron chi connectivity index (χ1n) is 4.24. The molecule has 0 radical (unpaired) electrons. The van der Waals surface area contributed by atoms with Gasteiger partial charge in [0, 0.05) is 6.61 Å². The van der Waals surface area contributed by atoms with Gasteiger partial charge in [-0.05, 0) is 18.4 Å². The van der Waals surface area contributed by atoms with Crippen molar-refractivity contribution in [3.05, 3.63) is 11.6 Å². The Morgan fingerprint density at radius 1 is 1.36 bits per heavy atom. The van der Waals surface area contributed by atoms with E-state index in [1.807, 2.05) is 6.08 Å². The molecule has 0 aliphatic rings. The number of unbranched alkanes of at least 4 members (excludes halogenated alkanes) is 2. The van der Waals surface area contributed by atoms with Crippen LogP contribution in [0.2, 0.25) is 0 Å². The average molecular weight is 158 g/mol. The smallest absolute Gasteiger partial charge is 0.0642 e. The highest BCUT2D eigenvalue weighted by molar-refractivity contribution is 5.01. The Balaban J connectivity index is 3.52. The molecule has 0 bridgehead atoms. The standard InChI is InChI=1S/C9H18O2/c1-2-3-4-5-9(8-11)6-7-10/h5,10-11H,2-4,6-8H2,1H3/b9-5+. The van der Waals surface area contributed by atoms with E-state index in [9.17, 15) is 0 Å². The summed E-state index contributed by atoms with van der Waals surface area (Å²) in [5, 5.41) is 17.3. The van der Waals surface area contributed by atoms with Crippen molar-refractivity contribution in [3.63, 3.8) is 0 Å². The van der Waals surface area contributed by atoms with Gasteiger partial charge < -0.3 is 10.2 Å². The van der Waals surface area contributed by atoms with E-state index in [1.165, 1.54) is 6.42 Å². The lowest BCUT2D eigenvalue weighted by atomic mass is 10.1. The van der Waals surface area contributed by atoms with Crippen molar-refractivity contribution in [2.75, 3.05) is 13.2 Å². The van der Waals surface area contributed by atoms with Crippen LogP contribution in [-0.4, -0.2) is 23.4 Å². The van der Waals surface area contributed by atoms with Crippen LogP contribution >= 0.6 is 0 Å². The molecular formula is C9H18O2. The Labute approximate surface area is 68.6 Å². The Kier molecular flexibility index (Phi) is 7.52. The second-order valence-electron chi connectivity index (χ2n) is 2.64. The zero-order valence-electron chi connectivity index (χ0n) is 7.21. The van der Waals surface area contributed by atoms with Crippen LogP contribution in [0.4, 0.5) is 0 Å². The summed E-state index contributed by atoms with van der Waals surface area (Å²) in [5.41, 5.74) is 0.959. The number of hydrogen-bond donors (Lipinski definition) is 2. The molecule has 0 rings (SSSR count). The number of rotatable bonds is 6.